The number of hydrogen-bond acceptors (Lipinski definition) is 10. The summed E-state index contributed by atoms with van der Waals surface area (Å²) in [5, 5.41) is 23.5. The number of amides is 3. The van der Waals surface area contributed by atoms with Gasteiger partial charge in [-0.1, -0.05) is 49.2 Å². The van der Waals surface area contributed by atoms with Gasteiger partial charge in [0, 0.05) is 51.6 Å². The lowest BCUT2D eigenvalue weighted by atomic mass is 9.84. The van der Waals surface area contributed by atoms with Crippen LogP contribution in [0.3, 0.4) is 0 Å². The lowest BCUT2D eigenvalue weighted by Gasteiger charge is -2.42. The van der Waals surface area contributed by atoms with Crippen LogP contribution in [0.5, 0.6) is 5.75 Å². The van der Waals surface area contributed by atoms with E-state index in [1.165, 1.54) is 26.0 Å². The predicted octanol–water partition coefficient (Wildman–Crippen LogP) is 5.60. The molecule has 1 aromatic rings. The van der Waals surface area contributed by atoms with Gasteiger partial charge in [-0.05, 0) is 64.0 Å². The Labute approximate surface area is 322 Å². The SMILES string of the molecule is COc1cc2cc(c1Cl)N(C)C(=O)CC[C@]1(C)O[C@H]1[C@H](C)[C@@H]1C[C@@](O)(NC(=O)O1)[C@H](OC)/C=C/C=C(\C)C2.CSC(C)CCC(=O)N(C)[C@@H](C)C(=O)O. The lowest BCUT2D eigenvalue weighted by Crippen LogP contribution is -2.63. The first kappa shape index (κ1) is 44.1. The number of fused-ring (bicyclic) bond motifs is 5. The number of alkyl carbamates (subject to hydrolysis) is 1. The molecule has 0 radical (unpaired) electrons. The largest absolute Gasteiger partial charge is 0.495 e. The number of ether oxygens (including phenoxy) is 4. The first-order valence-electron chi connectivity index (χ1n) is 17.7. The van der Waals surface area contributed by atoms with Crippen LogP contribution in [-0.2, 0) is 35.0 Å². The topological polar surface area (TPSA) is 167 Å². The molecule has 2 saturated heterocycles. The number of nitrogens with zero attached hydrogens (tertiary/aromatic N) is 2. The zero-order chi connectivity index (χ0) is 39.8. The average Bonchev–Trinajstić information content (AvgIpc) is 3.80. The first-order valence-corrected chi connectivity index (χ1v) is 19.4. The Bertz CT molecular complexity index is 1560. The molecule has 4 bridgehead atoms. The number of carbonyl (C=O) groups excluding carboxylic acids is 3. The van der Waals surface area contributed by atoms with Crippen LogP contribution in [0.25, 0.3) is 0 Å². The minimum absolute atomic E-state index is 0.104. The fourth-order valence-electron chi connectivity index (χ4n) is 6.47. The highest BCUT2D eigenvalue weighted by atomic mass is 35.5. The number of aliphatic carboxylic acids is 1. The highest BCUT2D eigenvalue weighted by Crippen LogP contribution is 2.48. The number of rotatable bonds is 8. The molecule has 0 saturated carbocycles. The molecule has 2 fully saturated rings. The number of benzene rings is 1. The number of carbonyl (C=O) groups is 4. The van der Waals surface area contributed by atoms with E-state index in [-0.39, 0.29) is 36.7 Å². The molecule has 0 aliphatic carbocycles. The summed E-state index contributed by atoms with van der Waals surface area (Å²) in [5.74, 6) is -0.905. The Morgan fingerprint density at radius 2 is 1.92 bits per heavy atom. The maximum absolute atomic E-state index is 13.2. The summed E-state index contributed by atoms with van der Waals surface area (Å²) in [6.45, 7) is 9.42. The number of aliphatic hydroxyl groups is 1. The van der Waals surface area contributed by atoms with Gasteiger partial charge in [-0.2, -0.15) is 11.8 Å². The van der Waals surface area contributed by atoms with Gasteiger partial charge in [-0.15, -0.1) is 0 Å². The van der Waals surface area contributed by atoms with Crippen molar-refractivity contribution in [2.75, 3.05) is 39.5 Å². The minimum atomic E-state index is -1.66. The molecule has 3 aliphatic rings. The normalized spacial score (nSPS) is 30.1. The van der Waals surface area contributed by atoms with Gasteiger partial charge in [0.15, 0.2) is 5.72 Å². The second-order valence-electron chi connectivity index (χ2n) is 14.3. The van der Waals surface area contributed by atoms with Crippen LogP contribution in [0, 0.1) is 5.92 Å². The van der Waals surface area contributed by atoms with Crippen LogP contribution in [0.2, 0.25) is 5.02 Å². The van der Waals surface area contributed by atoms with Gasteiger partial charge < -0.3 is 39.0 Å². The van der Waals surface area contributed by atoms with Gasteiger partial charge in [-0.3, -0.25) is 14.9 Å². The quantitative estimate of drug-likeness (QED) is 0.281. The molecule has 3 heterocycles. The van der Waals surface area contributed by atoms with Crippen molar-refractivity contribution in [1.29, 1.82) is 0 Å². The van der Waals surface area contributed by atoms with Gasteiger partial charge in [0.1, 0.15) is 29.0 Å². The number of carboxylic acid groups (broad SMARTS) is 1. The number of hydrogen-bond donors (Lipinski definition) is 3. The summed E-state index contributed by atoms with van der Waals surface area (Å²) in [6.07, 6.45) is 7.66. The fourth-order valence-corrected chi connectivity index (χ4v) is 7.13. The standard InChI is InChI=1S/C28H37ClN2O7.C10H19NO3S/c1-16-8-7-9-22(36-6)28(34)15-21(37-26(33)30-28)17(2)25-27(3,38-25)11-10-23(32)31(4)19-13-18(12-16)14-20(35-5)24(19)29;1-7(15-4)5-6-9(12)11(3)8(2)10(13)14/h7-9,13-14,17,21-22,25,34H,10-12,15H2,1-6H3,(H,30,33);7-8H,5-6H2,1-4H3,(H,13,14)/b9-7+,16-8+;/t17-,21+,22-,25+,27+,28+;7?,8-/m10/s1. The molecule has 8 atom stereocenters. The van der Waals surface area contributed by atoms with Gasteiger partial charge in [0.05, 0.1) is 24.5 Å². The minimum Gasteiger partial charge on any atom is -0.495 e. The number of anilines is 1. The van der Waals surface area contributed by atoms with Crippen LogP contribution < -0.4 is 15.0 Å². The molecule has 3 amide bonds. The average molecular weight is 782 g/mol. The van der Waals surface area contributed by atoms with E-state index in [1.54, 1.807) is 43.0 Å². The van der Waals surface area contributed by atoms with E-state index < -0.39 is 41.6 Å². The molecule has 3 N–H and O–H groups in total. The zero-order valence-corrected chi connectivity index (χ0v) is 34.0. The van der Waals surface area contributed by atoms with Crippen molar-refractivity contribution >= 4 is 52.9 Å². The van der Waals surface area contributed by atoms with E-state index >= 15 is 0 Å². The third-order valence-electron chi connectivity index (χ3n) is 10.3. The van der Waals surface area contributed by atoms with Crippen molar-refractivity contribution in [2.45, 2.75) is 114 Å². The molecule has 53 heavy (non-hydrogen) atoms. The highest BCUT2D eigenvalue weighted by Gasteiger charge is 2.58. The van der Waals surface area contributed by atoms with E-state index in [0.29, 0.717) is 41.0 Å². The molecule has 1 aromatic carbocycles. The van der Waals surface area contributed by atoms with E-state index in [0.717, 1.165) is 17.6 Å². The van der Waals surface area contributed by atoms with Crippen molar-refractivity contribution in [3.05, 3.63) is 46.5 Å². The summed E-state index contributed by atoms with van der Waals surface area (Å²) >= 11 is 8.31. The van der Waals surface area contributed by atoms with Gasteiger partial charge >= 0.3 is 12.1 Å². The smallest absolute Gasteiger partial charge is 0.409 e. The highest BCUT2D eigenvalue weighted by molar-refractivity contribution is 7.99. The Hall–Kier alpha value is -3.30. The number of halogens is 1. The van der Waals surface area contributed by atoms with Gasteiger partial charge in [0.2, 0.25) is 11.8 Å². The molecule has 15 heteroatoms. The van der Waals surface area contributed by atoms with Crippen LogP contribution in [0.4, 0.5) is 10.5 Å². The molecule has 13 nitrogen and oxygen atoms in total. The maximum Gasteiger partial charge on any atom is 0.409 e. The number of carboxylic acids is 1. The third kappa shape index (κ3) is 11.4. The molecular formula is C38H56ClN3O10S. The number of thioether (sulfide) groups is 1. The zero-order valence-electron chi connectivity index (χ0n) is 32.4. The predicted molar refractivity (Wildman–Crippen MR) is 206 cm³/mol. The molecular weight excluding hydrogens is 726 g/mol. The monoisotopic (exact) mass is 781 g/mol. The Kier molecular flexibility index (Phi) is 15.7. The third-order valence-corrected chi connectivity index (χ3v) is 11.8. The van der Waals surface area contributed by atoms with Crippen LogP contribution in [0.15, 0.2) is 35.9 Å². The van der Waals surface area contributed by atoms with Crippen molar-refractivity contribution in [3.63, 3.8) is 0 Å². The summed E-state index contributed by atoms with van der Waals surface area (Å²) in [5.41, 5.74) is 0.297. The van der Waals surface area contributed by atoms with E-state index in [9.17, 15) is 24.3 Å². The Morgan fingerprint density at radius 3 is 2.53 bits per heavy atom. The first-order chi connectivity index (χ1) is 24.8. The molecule has 1 unspecified atom stereocenters. The maximum atomic E-state index is 13.2. The summed E-state index contributed by atoms with van der Waals surface area (Å²) < 4.78 is 22.7. The van der Waals surface area contributed by atoms with Crippen molar-refractivity contribution in [1.82, 2.24) is 10.2 Å². The van der Waals surface area contributed by atoms with Crippen LogP contribution in [-0.4, -0.2) is 114 Å². The number of nitrogens with one attached hydrogen (secondary N) is 1. The van der Waals surface area contributed by atoms with E-state index in [1.807, 2.05) is 45.2 Å². The van der Waals surface area contributed by atoms with Crippen LogP contribution in [0.1, 0.15) is 72.3 Å². The lowest BCUT2D eigenvalue weighted by molar-refractivity contribution is -0.148. The van der Waals surface area contributed by atoms with Gasteiger partial charge in [-0.25, -0.2) is 9.59 Å². The van der Waals surface area contributed by atoms with Crippen molar-refractivity contribution < 1.29 is 48.3 Å². The number of epoxide rings is 1. The molecule has 0 spiro atoms. The Balaban J connectivity index is 0.000000426. The summed E-state index contributed by atoms with van der Waals surface area (Å²) in [4.78, 5) is 50.7. The number of likely N-dealkylation sites (N-methyl/N-ethyl adjacent to an activating group) is 1. The molecule has 0 aromatic heterocycles. The second kappa shape index (κ2) is 18.8. The summed E-state index contributed by atoms with van der Waals surface area (Å²) in [6, 6.07) is 3.01. The van der Waals surface area contributed by atoms with E-state index in [2.05, 4.69) is 12.2 Å². The molecule has 296 valence electrons. The Morgan fingerprint density at radius 1 is 1.25 bits per heavy atom. The fraction of sp³-hybridized carbons (Fsp3) is 0.632. The molecule has 3 aliphatic heterocycles. The summed E-state index contributed by atoms with van der Waals surface area (Å²) in [7, 11) is 6.27. The van der Waals surface area contributed by atoms with Crippen molar-refractivity contribution in [3.8, 4) is 5.75 Å². The molecule has 4 rings (SSSR count). The van der Waals surface area contributed by atoms with E-state index in [4.69, 9.17) is 35.7 Å². The number of allylic oxidation sites excluding steroid dienone is 3. The number of methoxy groups -OCH3 is 2. The second-order valence-corrected chi connectivity index (χ2v) is 16.0. The van der Waals surface area contributed by atoms with Gasteiger partial charge in [0.25, 0.3) is 0 Å². The van der Waals surface area contributed by atoms with Crippen LogP contribution >= 0.6 is 23.4 Å². The van der Waals surface area contributed by atoms with Crippen molar-refractivity contribution in [2.24, 2.45) is 5.92 Å².